The number of thiophene rings is 1. The van der Waals surface area contributed by atoms with E-state index in [4.69, 9.17) is 4.74 Å². The van der Waals surface area contributed by atoms with Gasteiger partial charge in [0.25, 0.3) is 5.91 Å². The Kier molecular flexibility index (Phi) is 5.76. The number of benzene rings is 1. The number of methoxy groups -OCH3 is 1. The second-order valence-electron chi connectivity index (χ2n) is 5.11. The number of ether oxygens (including phenoxy) is 1. The first kappa shape index (κ1) is 17.0. The molecule has 0 aliphatic heterocycles. The molecule has 1 aromatic carbocycles. The molecule has 0 fully saturated rings. The fraction of sp³-hybridized carbons (Fsp3) is 0.294. The third-order valence-electron chi connectivity index (χ3n) is 3.33. The van der Waals surface area contributed by atoms with E-state index in [2.05, 4.69) is 35.8 Å². The van der Waals surface area contributed by atoms with Crippen LogP contribution in [-0.2, 0) is 4.79 Å². The average molecular weight is 331 g/mol. The summed E-state index contributed by atoms with van der Waals surface area (Å²) in [5.41, 5.74) is 5.23. The number of nitrogens with zero attached hydrogens (tertiary/aromatic N) is 1. The molecule has 2 rings (SSSR count). The quantitative estimate of drug-likeness (QED) is 0.630. The summed E-state index contributed by atoms with van der Waals surface area (Å²) in [6.07, 6.45) is 0. The monoisotopic (exact) mass is 331 g/mol. The molecule has 2 N–H and O–H groups in total. The van der Waals surface area contributed by atoms with E-state index in [-0.39, 0.29) is 12.5 Å². The van der Waals surface area contributed by atoms with E-state index >= 15 is 0 Å². The number of hydrazone groups is 1. The Hall–Kier alpha value is -2.34. The summed E-state index contributed by atoms with van der Waals surface area (Å²) in [7, 11) is 1.60. The first-order valence-corrected chi connectivity index (χ1v) is 8.10. The van der Waals surface area contributed by atoms with Gasteiger partial charge in [-0.3, -0.25) is 4.79 Å². The van der Waals surface area contributed by atoms with Gasteiger partial charge < -0.3 is 10.1 Å². The van der Waals surface area contributed by atoms with Crippen molar-refractivity contribution in [3.8, 4) is 5.75 Å². The van der Waals surface area contributed by atoms with Crippen molar-refractivity contribution in [2.24, 2.45) is 5.10 Å². The molecule has 6 heteroatoms. The van der Waals surface area contributed by atoms with Gasteiger partial charge in [0.15, 0.2) is 0 Å². The van der Waals surface area contributed by atoms with Crippen LogP contribution in [0.5, 0.6) is 5.75 Å². The van der Waals surface area contributed by atoms with E-state index in [0.29, 0.717) is 5.75 Å². The van der Waals surface area contributed by atoms with E-state index in [9.17, 15) is 4.79 Å². The minimum Gasteiger partial charge on any atom is -0.495 e. The highest BCUT2D eigenvalue weighted by Crippen LogP contribution is 2.22. The van der Waals surface area contributed by atoms with Crippen molar-refractivity contribution in [2.75, 3.05) is 19.0 Å². The van der Waals surface area contributed by atoms with Crippen molar-refractivity contribution in [2.45, 2.75) is 20.8 Å². The Morgan fingerprint density at radius 3 is 2.70 bits per heavy atom. The molecule has 2 aromatic rings. The van der Waals surface area contributed by atoms with Crippen LogP contribution < -0.4 is 15.5 Å². The molecule has 5 nitrogen and oxygen atoms in total. The van der Waals surface area contributed by atoms with Gasteiger partial charge in [-0.25, -0.2) is 5.43 Å². The third-order valence-corrected chi connectivity index (χ3v) is 4.29. The number of aryl methyl sites for hydroxylation is 2. The largest absolute Gasteiger partial charge is 0.495 e. The molecule has 1 aromatic heterocycles. The number of para-hydroxylation sites is 2. The van der Waals surface area contributed by atoms with Crippen molar-refractivity contribution < 1.29 is 9.53 Å². The fourth-order valence-electron chi connectivity index (χ4n) is 2.20. The lowest BCUT2D eigenvalue weighted by Gasteiger charge is -2.10. The van der Waals surface area contributed by atoms with Gasteiger partial charge in [0, 0.05) is 15.3 Å². The molecular weight excluding hydrogens is 310 g/mol. The summed E-state index contributed by atoms with van der Waals surface area (Å²) in [6.45, 7) is 6.13. The molecule has 0 unspecified atom stereocenters. The average Bonchev–Trinajstić information content (AvgIpc) is 2.89. The van der Waals surface area contributed by atoms with Crippen molar-refractivity contribution in [3.05, 3.63) is 45.6 Å². The highest BCUT2D eigenvalue weighted by atomic mass is 32.1. The van der Waals surface area contributed by atoms with Crippen molar-refractivity contribution in [1.29, 1.82) is 0 Å². The summed E-state index contributed by atoms with van der Waals surface area (Å²) in [5, 5.41) is 7.21. The Bertz CT molecular complexity index is 722. The molecule has 0 aliphatic carbocycles. The Labute approximate surface area is 140 Å². The smallest absolute Gasteiger partial charge is 0.259 e. The Morgan fingerprint density at radius 2 is 2.04 bits per heavy atom. The normalized spacial score (nSPS) is 11.2. The highest BCUT2D eigenvalue weighted by Gasteiger charge is 2.07. The summed E-state index contributed by atoms with van der Waals surface area (Å²) < 4.78 is 5.23. The number of hydrogen-bond acceptors (Lipinski definition) is 5. The second-order valence-corrected chi connectivity index (χ2v) is 6.57. The maximum absolute atomic E-state index is 11.9. The van der Waals surface area contributed by atoms with E-state index in [1.54, 1.807) is 18.4 Å². The van der Waals surface area contributed by atoms with Crippen molar-refractivity contribution >= 4 is 28.6 Å². The molecule has 1 heterocycles. The van der Waals surface area contributed by atoms with Gasteiger partial charge in [0.1, 0.15) is 5.75 Å². The lowest BCUT2D eigenvalue weighted by molar-refractivity contribution is -0.119. The lowest BCUT2D eigenvalue weighted by atomic mass is 10.2. The zero-order chi connectivity index (χ0) is 16.8. The summed E-state index contributed by atoms with van der Waals surface area (Å²) in [4.78, 5) is 14.4. The molecule has 0 spiro atoms. The lowest BCUT2D eigenvalue weighted by Crippen LogP contribution is -2.26. The van der Waals surface area contributed by atoms with Crippen LogP contribution in [0.25, 0.3) is 0 Å². The van der Waals surface area contributed by atoms with Crippen LogP contribution in [0.3, 0.4) is 0 Å². The third kappa shape index (κ3) is 4.56. The topological polar surface area (TPSA) is 62.7 Å². The molecule has 0 saturated carbocycles. The first-order chi connectivity index (χ1) is 11.0. The molecule has 122 valence electrons. The van der Waals surface area contributed by atoms with E-state index in [1.807, 2.05) is 31.2 Å². The molecule has 0 aliphatic rings. The van der Waals surface area contributed by atoms with Gasteiger partial charge in [-0.15, -0.1) is 11.3 Å². The van der Waals surface area contributed by atoms with Gasteiger partial charge in [-0.05, 0) is 39.0 Å². The molecule has 1 amide bonds. The van der Waals surface area contributed by atoms with E-state index < -0.39 is 0 Å². The number of amides is 1. The summed E-state index contributed by atoms with van der Waals surface area (Å²) in [6, 6.07) is 9.54. The fourth-order valence-corrected chi connectivity index (χ4v) is 3.18. The van der Waals surface area contributed by atoms with Crippen LogP contribution >= 0.6 is 11.3 Å². The predicted molar refractivity (Wildman–Crippen MR) is 95.6 cm³/mol. The SMILES string of the molecule is COc1ccccc1NCC(=O)N/N=C(/C)c1cc(C)sc1C. The molecule has 0 saturated heterocycles. The first-order valence-electron chi connectivity index (χ1n) is 7.28. The number of rotatable bonds is 6. The van der Waals surface area contributed by atoms with Crippen LogP contribution in [0.2, 0.25) is 0 Å². The van der Waals surface area contributed by atoms with E-state index in [0.717, 1.165) is 17.0 Å². The number of carbonyl (C=O) groups excluding carboxylic acids is 1. The van der Waals surface area contributed by atoms with Gasteiger partial charge in [0.05, 0.1) is 25.1 Å². The van der Waals surface area contributed by atoms with Crippen LogP contribution in [0.15, 0.2) is 35.4 Å². The molecule has 0 radical (unpaired) electrons. The number of hydrogen-bond donors (Lipinski definition) is 2. The van der Waals surface area contributed by atoms with Crippen molar-refractivity contribution in [1.82, 2.24) is 5.43 Å². The number of nitrogens with one attached hydrogen (secondary N) is 2. The van der Waals surface area contributed by atoms with Crippen LogP contribution in [0.4, 0.5) is 5.69 Å². The van der Waals surface area contributed by atoms with Crippen LogP contribution in [-0.4, -0.2) is 25.3 Å². The van der Waals surface area contributed by atoms with E-state index in [1.165, 1.54) is 9.75 Å². The summed E-state index contributed by atoms with van der Waals surface area (Å²) in [5.74, 6) is 0.490. The number of anilines is 1. The zero-order valence-corrected chi connectivity index (χ0v) is 14.6. The second kappa shape index (κ2) is 7.78. The molecule has 23 heavy (non-hydrogen) atoms. The molecule has 0 atom stereocenters. The summed E-state index contributed by atoms with van der Waals surface area (Å²) >= 11 is 1.72. The minimum absolute atomic E-state index is 0.124. The maximum atomic E-state index is 11.9. The van der Waals surface area contributed by atoms with Gasteiger partial charge >= 0.3 is 0 Å². The number of carbonyl (C=O) groups is 1. The Balaban J connectivity index is 1.92. The zero-order valence-electron chi connectivity index (χ0n) is 13.8. The maximum Gasteiger partial charge on any atom is 0.259 e. The van der Waals surface area contributed by atoms with Gasteiger partial charge in [0.2, 0.25) is 0 Å². The minimum atomic E-state index is -0.208. The molecule has 0 bridgehead atoms. The van der Waals surface area contributed by atoms with Crippen molar-refractivity contribution in [3.63, 3.8) is 0 Å². The standard InChI is InChI=1S/C17H21N3O2S/c1-11-9-14(13(3)23-11)12(2)19-20-17(21)10-18-15-7-5-6-8-16(15)22-4/h5-9,18H,10H2,1-4H3,(H,20,21)/b19-12-. The Morgan fingerprint density at radius 1 is 1.30 bits per heavy atom. The van der Waals surface area contributed by atoms with Crippen LogP contribution in [0.1, 0.15) is 22.2 Å². The van der Waals surface area contributed by atoms with Crippen LogP contribution in [0, 0.1) is 13.8 Å². The predicted octanol–water partition coefficient (Wildman–Crippen LogP) is 3.33. The van der Waals surface area contributed by atoms with Gasteiger partial charge in [-0.2, -0.15) is 5.10 Å². The molecular formula is C17H21N3O2S. The highest BCUT2D eigenvalue weighted by molar-refractivity contribution is 7.12. The van der Waals surface area contributed by atoms with Gasteiger partial charge in [-0.1, -0.05) is 12.1 Å².